The number of hydrogen-bond acceptors (Lipinski definition) is 5. The third-order valence-electron chi connectivity index (χ3n) is 11.7. The van der Waals surface area contributed by atoms with E-state index < -0.39 is 6.85 Å². The van der Waals surface area contributed by atoms with Crippen molar-refractivity contribution in [3.8, 4) is 45.3 Å². The van der Waals surface area contributed by atoms with E-state index in [0.717, 1.165) is 66.4 Å². The van der Waals surface area contributed by atoms with Crippen molar-refractivity contribution in [2.75, 3.05) is 7.11 Å². The van der Waals surface area contributed by atoms with Gasteiger partial charge in [0.25, 0.3) is 0 Å². The first-order chi connectivity index (χ1) is 31.6. The molecule has 6 aromatic carbocycles. The number of furan rings is 1. The molecular weight excluding hydrogens is 965 g/mol. The van der Waals surface area contributed by atoms with Gasteiger partial charge in [-0.25, -0.2) is 4.98 Å². The van der Waals surface area contributed by atoms with Crippen LogP contribution in [0.1, 0.15) is 86.7 Å². The summed E-state index contributed by atoms with van der Waals surface area (Å²) in [4.78, 5) is 14.0. The average molecular weight is 1020 g/mol. The molecule has 0 spiro atoms. The second-order valence-corrected chi connectivity index (χ2v) is 17.7. The van der Waals surface area contributed by atoms with Gasteiger partial charge in [0, 0.05) is 53.1 Å². The molecule has 4 aromatic heterocycles. The van der Waals surface area contributed by atoms with Crippen LogP contribution in [0.4, 0.5) is 0 Å². The topological polar surface area (TPSA) is 66.0 Å². The van der Waals surface area contributed by atoms with E-state index in [4.69, 9.17) is 18.3 Å². The molecule has 0 aliphatic carbocycles. The van der Waals surface area contributed by atoms with Crippen molar-refractivity contribution >= 4 is 43.7 Å². The molecule has 4 heterocycles. The molecule has 10 rings (SSSR count). The molecule has 0 atom stereocenters. The Morgan fingerprint density at radius 1 is 0.734 bits per heavy atom. The number of para-hydroxylation sites is 2. The fraction of sp³-hybridized carbons (Fsp3) is 0.211. The molecule has 0 saturated carbocycles. The van der Waals surface area contributed by atoms with Crippen LogP contribution in [-0.4, -0.2) is 26.6 Å². The summed E-state index contributed by atoms with van der Waals surface area (Å²) in [6.07, 6.45) is 3.56. The van der Waals surface area contributed by atoms with Crippen molar-refractivity contribution in [3.63, 3.8) is 0 Å². The van der Waals surface area contributed by atoms with Gasteiger partial charge in [0.15, 0.2) is 0 Å². The van der Waals surface area contributed by atoms with E-state index >= 15 is 0 Å². The quantitative estimate of drug-likeness (QED) is 0.149. The van der Waals surface area contributed by atoms with Crippen molar-refractivity contribution in [3.05, 3.63) is 174 Å². The van der Waals surface area contributed by atoms with E-state index in [1.165, 1.54) is 39.6 Å². The predicted octanol–water partition coefficient (Wildman–Crippen LogP) is 15.0. The van der Waals surface area contributed by atoms with Gasteiger partial charge in [-0.05, 0) is 105 Å². The Bertz CT molecular complexity index is 3360. The van der Waals surface area contributed by atoms with Crippen LogP contribution >= 0.6 is 0 Å². The van der Waals surface area contributed by atoms with Crippen LogP contribution in [0.25, 0.3) is 83.2 Å². The van der Waals surface area contributed by atoms with Crippen molar-refractivity contribution in [1.82, 2.24) is 19.5 Å². The van der Waals surface area contributed by atoms with Crippen molar-refractivity contribution in [2.24, 2.45) is 0 Å². The molecule has 0 aliphatic rings. The molecule has 0 N–H and O–H groups in total. The van der Waals surface area contributed by atoms with Gasteiger partial charge >= 0.3 is 0 Å². The summed E-state index contributed by atoms with van der Waals surface area (Å²) in [6.45, 7) is 13.4. The summed E-state index contributed by atoms with van der Waals surface area (Å²) in [7, 11) is 1.64. The minimum absolute atomic E-state index is 0. The molecule has 0 aliphatic heterocycles. The number of benzene rings is 6. The molecule has 0 bridgehead atoms. The maximum atomic E-state index is 7.36. The molecule has 323 valence electrons. The van der Waals surface area contributed by atoms with Crippen LogP contribution in [0.2, 0.25) is 0 Å². The number of ether oxygens (including phenoxy) is 1. The SMILES string of the molecule is COc1nccc2cc3c(cc12)oc1c(-c2nc4ccccc4n2-c2c(C(C)C)cc(-c4ccccc4)cc2C(C)C)[c-]ccc13.[2H]C([2H])([2H])c1c[c-]c(-c2cc(C(C)(C)C)ccn2)cc1.[Ir]. The van der Waals surface area contributed by atoms with E-state index in [1.807, 2.05) is 36.4 Å². The number of nitrogens with zero attached hydrogens (tertiary/aromatic N) is 4. The standard InChI is InChI=1S/C41H34N3O2.C16H18N.Ir/c1-24(2)31-21-28(26-12-7-6-8-13-26)22-32(25(3)4)38(31)44-36-17-10-9-16-35(36)43-40(44)30-15-11-14-29-34-20-27-18-19-42-41(45-5)33(27)23-37(34)46-39(29)30;1-12-5-7-13(8-6-12)15-11-14(9-10-17-15)16(2,3)4;/h6-14,16-25H,1-5H3;5-7,9-11H,1-4H3;/q2*-1;/i;1D3;. The number of rotatable bonds is 7. The molecule has 1 radical (unpaired) electrons. The zero-order valence-corrected chi connectivity index (χ0v) is 39.8. The van der Waals surface area contributed by atoms with Crippen LogP contribution in [0.15, 0.2) is 144 Å². The molecule has 0 saturated heterocycles. The zero-order chi connectivity index (χ0) is 46.5. The van der Waals surface area contributed by atoms with E-state index in [-0.39, 0.29) is 37.4 Å². The van der Waals surface area contributed by atoms with Crippen LogP contribution < -0.4 is 4.74 Å². The Morgan fingerprint density at radius 2 is 1.47 bits per heavy atom. The number of aromatic nitrogens is 4. The van der Waals surface area contributed by atoms with Gasteiger partial charge in [-0.3, -0.25) is 4.98 Å². The normalized spacial score (nSPS) is 12.6. The van der Waals surface area contributed by atoms with Crippen molar-refractivity contribution in [2.45, 2.75) is 72.6 Å². The van der Waals surface area contributed by atoms with Gasteiger partial charge in [-0.15, -0.1) is 53.6 Å². The Balaban J connectivity index is 0.000000244. The number of imidazole rings is 1. The zero-order valence-electron chi connectivity index (χ0n) is 40.4. The summed E-state index contributed by atoms with van der Waals surface area (Å²) >= 11 is 0. The first-order valence-corrected chi connectivity index (χ1v) is 21.5. The van der Waals surface area contributed by atoms with E-state index in [0.29, 0.717) is 11.4 Å². The number of aryl methyl sites for hydroxylation is 1. The fourth-order valence-corrected chi connectivity index (χ4v) is 8.37. The molecular formula is C57H52IrN4O2-2. The van der Waals surface area contributed by atoms with E-state index in [2.05, 4.69) is 148 Å². The van der Waals surface area contributed by atoms with E-state index in [1.54, 1.807) is 31.6 Å². The summed E-state index contributed by atoms with van der Waals surface area (Å²) in [5, 5.41) is 4.01. The number of pyridine rings is 2. The number of hydrogen-bond donors (Lipinski definition) is 0. The molecule has 7 heteroatoms. The van der Waals surface area contributed by atoms with Gasteiger partial charge < -0.3 is 18.7 Å². The summed E-state index contributed by atoms with van der Waals surface area (Å²) in [5.41, 5.74) is 13.7. The predicted molar refractivity (Wildman–Crippen MR) is 260 cm³/mol. The molecule has 64 heavy (non-hydrogen) atoms. The molecule has 0 fully saturated rings. The van der Waals surface area contributed by atoms with Gasteiger partial charge in [-0.2, -0.15) is 0 Å². The second kappa shape index (κ2) is 18.0. The van der Waals surface area contributed by atoms with E-state index in [9.17, 15) is 0 Å². The summed E-state index contributed by atoms with van der Waals surface area (Å²) < 4.78 is 36.7. The Hall–Kier alpha value is -6.40. The van der Waals surface area contributed by atoms with Crippen molar-refractivity contribution < 1.29 is 33.4 Å². The average Bonchev–Trinajstić information content (AvgIpc) is 3.88. The first kappa shape index (κ1) is 40.4. The second-order valence-electron chi connectivity index (χ2n) is 17.7. The summed E-state index contributed by atoms with van der Waals surface area (Å²) in [6, 6.07) is 49.5. The maximum absolute atomic E-state index is 7.36. The minimum atomic E-state index is -2.09. The number of methoxy groups -OCH3 is 1. The Morgan fingerprint density at radius 3 is 2.16 bits per heavy atom. The van der Waals surface area contributed by atoms with Gasteiger partial charge in [-0.1, -0.05) is 115 Å². The van der Waals surface area contributed by atoms with Crippen molar-refractivity contribution in [1.29, 1.82) is 0 Å². The Kier molecular flexibility index (Phi) is 11.4. The minimum Gasteiger partial charge on any atom is -0.501 e. The largest absolute Gasteiger partial charge is 0.501 e. The molecule has 6 nitrogen and oxygen atoms in total. The fourth-order valence-electron chi connectivity index (χ4n) is 8.37. The number of fused-ring (bicyclic) bond motifs is 5. The third kappa shape index (κ3) is 8.38. The van der Waals surface area contributed by atoms with Crippen LogP contribution in [0.3, 0.4) is 0 Å². The van der Waals surface area contributed by atoms with Gasteiger partial charge in [0.2, 0.25) is 5.88 Å². The maximum Gasteiger partial charge on any atom is 0.221 e. The molecule has 0 amide bonds. The molecule has 10 aromatic rings. The van der Waals surface area contributed by atoms with Crippen LogP contribution in [-0.2, 0) is 25.5 Å². The molecule has 0 unspecified atom stereocenters. The monoisotopic (exact) mass is 1020 g/mol. The Labute approximate surface area is 394 Å². The van der Waals surface area contributed by atoms with Crippen LogP contribution in [0, 0.1) is 19.0 Å². The van der Waals surface area contributed by atoms with Gasteiger partial charge in [0.05, 0.1) is 29.6 Å². The summed E-state index contributed by atoms with van der Waals surface area (Å²) in [5.74, 6) is 1.93. The smallest absolute Gasteiger partial charge is 0.221 e. The van der Waals surface area contributed by atoms with Crippen LogP contribution in [0.5, 0.6) is 5.88 Å². The third-order valence-corrected chi connectivity index (χ3v) is 11.7. The first-order valence-electron chi connectivity index (χ1n) is 23.0. The van der Waals surface area contributed by atoms with Gasteiger partial charge in [0.1, 0.15) is 5.58 Å².